The van der Waals surface area contributed by atoms with E-state index in [0.717, 1.165) is 6.42 Å². The number of esters is 1. The van der Waals surface area contributed by atoms with Crippen LogP contribution >= 0.6 is 0 Å². The summed E-state index contributed by atoms with van der Waals surface area (Å²) in [6, 6.07) is 5.93. The first-order chi connectivity index (χ1) is 12.2. The summed E-state index contributed by atoms with van der Waals surface area (Å²) in [5.74, 6) is -1.29. The maximum atomic E-state index is 13.2. The summed E-state index contributed by atoms with van der Waals surface area (Å²) in [4.78, 5) is 37.0. The Morgan fingerprint density at radius 1 is 1.23 bits per heavy atom. The van der Waals surface area contributed by atoms with Crippen LogP contribution in [-0.4, -0.2) is 42.4 Å². The van der Waals surface area contributed by atoms with Crippen LogP contribution in [0.4, 0.5) is 4.39 Å². The van der Waals surface area contributed by atoms with Crippen LogP contribution in [0.2, 0.25) is 0 Å². The average molecular weight is 366 g/mol. The zero-order valence-electron chi connectivity index (χ0n) is 15.8. The van der Waals surface area contributed by atoms with E-state index in [-0.39, 0.29) is 24.8 Å². The molecule has 1 aromatic rings. The Labute approximate surface area is 153 Å². The Kier molecular flexibility index (Phi) is 8.75. The average Bonchev–Trinajstić information content (AvgIpc) is 2.57. The molecule has 0 fully saturated rings. The van der Waals surface area contributed by atoms with E-state index in [2.05, 4.69) is 5.32 Å². The Morgan fingerprint density at radius 3 is 2.54 bits per heavy atom. The van der Waals surface area contributed by atoms with E-state index < -0.39 is 18.0 Å². The van der Waals surface area contributed by atoms with Crippen molar-refractivity contribution in [2.24, 2.45) is 5.92 Å². The Bertz CT molecular complexity index is 634. The van der Waals surface area contributed by atoms with Crippen molar-refractivity contribution in [1.29, 1.82) is 0 Å². The van der Waals surface area contributed by atoms with E-state index in [1.54, 1.807) is 19.2 Å². The molecule has 0 radical (unpaired) electrons. The van der Waals surface area contributed by atoms with Crippen molar-refractivity contribution in [3.63, 3.8) is 0 Å². The van der Waals surface area contributed by atoms with Gasteiger partial charge in [0.1, 0.15) is 12.4 Å². The summed E-state index contributed by atoms with van der Waals surface area (Å²) < 4.78 is 18.2. The van der Waals surface area contributed by atoms with Crippen molar-refractivity contribution in [2.45, 2.75) is 46.3 Å². The summed E-state index contributed by atoms with van der Waals surface area (Å²) >= 11 is 0. The first kappa shape index (κ1) is 21.6. The van der Waals surface area contributed by atoms with Gasteiger partial charge in [-0.25, -0.2) is 4.39 Å². The van der Waals surface area contributed by atoms with Gasteiger partial charge in [0.05, 0.1) is 0 Å². The molecule has 0 bridgehead atoms. The fourth-order valence-corrected chi connectivity index (χ4v) is 2.27. The summed E-state index contributed by atoms with van der Waals surface area (Å²) in [6.07, 6.45) is 0.0878. The quantitative estimate of drug-likeness (QED) is 0.680. The lowest BCUT2D eigenvalue weighted by Gasteiger charge is -2.21. The van der Waals surface area contributed by atoms with Gasteiger partial charge in [-0.2, -0.15) is 0 Å². The molecule has 0 aliphatic rings. The molecule has 0 spiro atoms. The van der Waals surface area contributed by atoms with E-state index in [1.807, 2.05) is 13.8 Å². The number of nitrogens with zero attached hydrogens (tertiary/aromatic N) is 1. The second-order valence-electron chi connectivity index (χ2n) is 6.67. The van der Waals surface area contributed by atoms with Gasteiger partial charge in [-0.1, -0.05) is 26.0 Å². The fraction of sp³-hybridized carbons (Fsp3) is 0.526. The molecular formula is C19H27FN2O4. The number of halogens is 1. The number of nitrogens with one attached hydrogen (secondary N) is 1. The fourth-order valence-electron chi connectivity index (χ4n) is 2.27. The van der Waals surface area contributed by atoms with Gasteiger partial charge in [0.15, 0.2) is 6.10 Å². The van der Waals surface area contributed by atoms with Gasteiger partial charge in [-0.05, 0) is 37.0 Å². The van der Waals surface area contributed by atoms with Crippen LogP contribution in [0.3, 0.4) is 0 Å². The van der Waals surface area contributed by atoms with Crippen LogP contribution in [0.1, 0.15) is 39.2 Å². The number of hydrogen-bond donors (Lipinski definition) is 1. The minimum absolute atomic E-state index is 0.199. The second-order valence-corrected chi connectivity index (χ2v) is 6.67. The summed E-state index contributed by atoms with van der Waals surface area (Å²) in [7, 11) is 1.55. The van der Waals surface area contributed by atoms with E-state index in [0.29, 0.717) is 17.9 Å². The van der Waals surface area contributed by atoms with Crippen LogP contribution in [0, 0.1) is 11.7 Å². The van der Waals surface area contributed by atoms with Crippen LogP contribution < -0.4 is 5.32 Å². The molecule has 2 amide bonds. The molecule has 0 aliphatic carbocycles. The maximum Gasteiger partial charge on any atom is 0.326 e. The summed E-state index contributed by atoms with van der Waals surface area (Å²) in [6.45, 7) is 5.40. The van der Waals surface area contributed by atoms with Crippen LogP contribution in [-0.2, 0) is 25.7 Å². The van der Waals surface area contributed by atoms with E-state index >= 15 is 0 Å². The first-order valence-corrected chi connectivity index (χ1v) is 8.64. The Balaban J connectivity index is 2.40. The van der Waals surface area contributed by atoms with Crippen LogP contribution in [0.25, 0.3) is 0 Å². The summed E-state index contributed by atoms with van der Waals surface area (Å²) in [5, 5.41) is 2.48. The second kappa shape index (κ2) is 10.5. The van der Waals surface area contributed by atoms with Gasteiger partial charge in [-0.15, -0.1) is 0 Å². The molecule has 1 unspecified atom stereocenters. The highest BCUT2D eigenvalue weighted by molar-refractivity contribution is 5.85. The van der Waals surface area contributed by atoms with E-state index in [4.69, 9.17) is 4.74 Å². The van der Waals surface area contributed by atoms with Gasteiger partial charge < -0.3 is 15.0 Å². The van der Waals surface area contributed by atoms with Gasteiger partial charge in [0.25, 0.3) is 5.91 Å². The summed E-state index contributed by atoms with van der Waals surface area (Å²) in [5.41, 5.74) is 0.636. The number of hydrogen-bond acceptors (Lipinski definition) is 4. The lowest BCUT2D eigenvalue weighted by atomic mass is 10.1. The topological polar surface area (TPSA) is 75.7 Å². The molecule has 1 rings (SSSR count). The number of amides is 2. The highest BCUT2D eigenvalue weighted by Gasteiger charge is 2.22. The molecular weight excluding hydrogens is 339 g/mol. The van der Waals surface area contributed by atoms with Crippen molar-refractivity contribution < 1.29 is 23.5 Å². The molecule has 0 aliphatic heterocycles. The maximum absolute atomic E-state index is 13.2. The minimum Gasteiger partial charge on any atom is -0.451 e. The zero-order valence-corrected chi connectivity index (χ0v) is 15.8. The van der Waals surface area contributed by atoms with Gasteiger partial charge in [-0.3, -0.25) is 14.4 Å². The highest BCUT2D eigenvalue weighted by atomic mass is 19.1. The number of carbonyl (C=O) groups is 3. The highest BCUT2D eigenvalue weighted by Crippen LogP contribution is 2.08. The molecule has 1 N–H and O–H groups in total. The van der Waals surface area contributed by atoms with Crippen molar-refractivity contribution in [1.82, 2.24) is 10.2 Å². The van der Waals surface area contributed by atoms with Gasteiger partial charge in [0.2, 0.25) is 5.91 Å². The predicted molar refractivity (Wildman–Crippen MR) is 95.5 cm³/mol. The smallest absolute Gasteiger partial charge is 0.326 e. The van der Waals surface area contributed by atoms with Gasteiger partial charge in [0, 0.05) is 20.0 Å². The number of rotatable bonds is 9. The number of benzene rings is 1. The minimum atomic E-state index is -0.992. The molecule has 26 heavy (non-hydrogen) atoms. The standard InChI is InChI=1S/C19H27FN2O4/c1-13(2)8-9-17(23)21-11-18(24)26-14(3)19(25)22(4)12-15-6-5-7-16(20)10-15/h5-7,10,13-14H,8-9,11-12H2,1-4H3,(H,21,23). The third kappa shape index (κ3) is 8.09. The molecule has 144 valence electrons. The first-order valence-electron chi connectivity index (χ1n) is 8.64. The lowest BCUT2D eigenvalue weighted by molar-refractivity contribution is -0.158. The largest absolute Gasteiger partial charge is 0.451 e. The third-order valence-corrected chi connectivity index (χ3v) is 3.72. The molecule has 6 nitrogen and oxygen atoms in total. The van der Waals surface area contributed by atoms with E-state index in [1.165, 1.54) is 24.0 Å². The molecule has 0 saturated heterocycles. The zero-order chi connectivity index (χ0) is 19.7. The van der Waals surface area contributed by atoms with E-state index in [9.17, 15) is 18.8 Å². The number of carbonyl (C=O) groups excluding carboxylic acids is 3. The van der Waals surface area contributed by atoms with Crippen molar-refractivity contribution >= 4 is 17.8 Å². The number of likely N-dealkylation sites (N-methyl/N-ethyl adjacent to an activating group) is 1. The van der Waals surface area contributed by atoms with Crippen molar-refractivity contribution in [3.8, 4) is 0 Å². The predicted octanol–water partition coefficient (Wildman–Crippen LogP) is 2.27. The molecule has 0 aromatic heterocycles. The number of ether oxygens (including phenoxy) is 1. The Hall–Kier alpha value is -2.44. The molecule has 1 atom stereocenters. The van der Waals surface area contributed by atoms with Gasteiger partial charge >= 0.3 is 5.97 Å². The third-order valence-electron chi connectivity index (χ3n) is 3.72. The molecule has 0 heterocycles. The van der Waals surface area contributed by atoms with Crippen LogP contribution in [0.15, 0.2) is 24.3 Å². The SMILES string of the molecule is CC(C)CCC(=O)NCC(=O)OC(C)C(=O)N(C)Cc1cccc(F)c1. The van der Waals surface area contributed by atoms with Crippen molar-refractivity contribution in [3.05, 3.63) is 35.6 Å². The molecule has 7 heteroatoms. The van der Waals surface area contributed by atoms with Crippen LogP contribution in [0.5, 0.6) is 0 Å². The monoisotopic (exact) mass is 366 g/mol. The van der Waals surface area contributed by atoms with Crippen molar-refractivity contribution in [2.75, 3.05) is 13.6 Å². The molecule has 0 saturated carbocycles. The molecule has 1 aromatic carbocycles. The lowest BCUT2D eigenvalue weighted by Crippen LogP contribution is -2.39. The normalized spacial score (nSPS) is 11.8. The Morgan fingerprint density at radius 2 is 1.92 bits per heavy atom.